The first-order chi connectivity index (χ1) is 15.3. The molecule has 6 nitrogen and oxygen atoms in total. The fourth-order valence-electron chi connectivity index (χ4n) is 4.31. The second-order valence-electron chi connectivity index (χ2n) is 9.40. The second kappa shape index (κ2) is 9.28. The first kappa shape index (κ1) is 22.3. The van der Waals surface area contributed by atoms with Gasteiger partial charge < -0.3 is 19.8 Å². The average molecular weight is 435 g/mol. The molecule has 2 N–H and O–H groups in total. The number of hydrogen-bond acceptors (Lipinski definition) is 2. The minimum Gasteiger partial charge on any atom is -0.348 e. The van der Waals surface area contributed by atoms with E-state index in [-0.39, 0.29) is 24.9 Å². The maximum absolute atomic E-state index is 12.5. The third-order valence-electron chi connectivity index (χ3n) is 6.71. The van der Waals surface area contributed by atoms with E-state index in [2.05, 4.69) is 45.5 Å². The van der Waals surface area contributed by atoms with Crippen molar-refractivity contribution < 1.29 is 9.59 Å². The summed E-state index contributed by atoms with van der Waals surface area (Å²) in [6.07, 6.45) is 5.15. The Kier molecular flexibility index (Phi) is 6.45. The first-order valence-electron chi connectivity index (χ1n) is 11.7. The molecule has 2 fully saturated rings. The van der Waals surface area contributed by atoms with Crippen LogP contribution in [0.3, 0.4) is 0 Å². The quantitative estimate of drug-likeness (QED) is 0.625. The highest BCUT2D eigenvalue weighted by Crippen LogP contribution is 2.33. The van der Waals surface area contributed by atoms with Crippen LogP contribution in [-0.4, -0.2) is 34.0 Å². The molecule has 2 aromatic rings. The van der Waals surface area contributed by atoms with Crippen LogP contribution in [0.1, 0.15) is 69.2 Å². The van der Waals surface area contributed by atoms with Crippen molar-refractivity contribution in [2.24, 2.45) is 11.8 Å². The molecular weight excluding hydrogens is 400 g/mol. The molecule has 2 aromatic heterocycles. The van der Waals surface area contributed by atoms with Gasteiger partial charge in [-0.25, -0.2) is 0 Å². The molecule has 2 saturated carbocycles. The Labute approximate surface area is 190 Å². The Morgan fingerprint density at radius 2 is 1.16 bits per heavy atom. The van der Waals surface area contributed by atoms with Gasteiger partial charge in [0.25, 0.3) is 11.8 Å². The van der Waals surface area contributed by atoms with Crippen LogP contribution in [0, 0.1) is 51.4 Å². The summed E-state index contributed by atoms with van der Waals surface area (Å²) in [6.45, 7) is 10.7. The monoisotopic (exact) mass is 434 g/mol. The Hall–Kier alpha value is -2.94. The molecule has 170 valence electrons. The predicted molar refractivity (Wildman–Crippen MR) is 126 cm³/mol. The zero-order valence-electron chi connectivity index (χ0n) is 19.7. The second-order valence-corrected chi connectivity index (χ2v) is 9.40. The molecule has 2 aliphatic carbocycles. The zero-order chi connectivity index (χ0) is 22.8. The maximum atomic E-state index is 12.5. The summed E-state index contributed by atoms with van der Waals surface area (Å²) in [5.41, 5.74) is 5.74. The van der Waals surface area contributed by atoms with Crippen LogP contribution in [0.15, 0.2) is 12.1 Å². The number of hydrogen-bond donors (Lipinski definition) is 2. The van der Waals surface area contributed by atoms with Crippen LogP contribution in [0.2, 0.25) is 0 Å². The maximum Gasteiger partial charge on any atom is 0.253 e. The number of nitrogens with one attached hydrogen (secondary N) is 2. The van der Waals surface area contributed by atoms with Crippen molar-refractivity contribution in [3.63, 3.8) is 0 Å². The summed E-state index contributed by atoms with van der Waals surface area (Å²) in [7, 11) is 0. The normalized spacial score (nSPS) is 15.2. The summed E-state index contributed by atoms with van der Waals surface area (Å²) >= 11 is 0. The van der Waals surface area contributed by atoms with Crippen molar-refractivity contribution in [2.75, 3.05) is 13.1 Å². The number of carbonyl (C=O) groups excluding carboxylic acids is 2. The fourth-order valence-corrected chi connectivity index (χ4v) is 4.31. The minimum atomic E-state index is -0.0958. The molecule has 32 heavy (non-hydrogen) atoms. The van der Waals surface area contributed by atoms with E-state index in [4.69, 9.17) is 0 Å². The van der Waals surface area contributed by atoms with Crippen LogP contribution in [0.25, 0.3) is 0 Å². The number of carbonyl (C=O) groups is 2. The molecule has 0 unspecified atom stereocenters. The van der Waals surface area contributed by atoms with Gasteiger partial charge in [-0.05, 0) is 77.3 Å². The highest BCUT2D eigenvalue weighted by atomic mass is 16.2. The van der Waals surface area contributed by atoms with Gasteiger partial charge in [0.2, 0.25) is 0 Å². The molecule has 4 rings (SSSR count). The van der Waals surface area contributed by atoms with E-state index in [1.165, 1.54) is 25.7 Å². The number of amides is 2. The standard InChI is InChI=1S/C26H34N4O2/c1-17-13-23(19(3)29(17)15-21-7-8-21)25(31)27-11-5-6-12-28-26(32)24-14-18(2)30(20(24)4)16-22-9-10-22/h13-14,21-22H,7-12,15-16H2,1-4H3,(H,27,31)(H,28,32). The van der Waals surface area contributed by atoms with E-state index < -0.39 is 0 Å². The van der Waals surface area contributed by atoms with Gasteiger partial charge >= 0.3 is 0 Å². The van der Waals surface area contributed by atoms with Crippen molar-refractivity contribution in [3.05, 3.63) is 46.0 Å². The van der Waals surface area contributed by atoms with Crippen LogP contribution < -0.4 is 10.6 Å². The smallest absolute Gasteiger partial charge is 0.253 e. The van der Waals surface area contributed by atoms with E-state index in [0.717, 1.165) is 58.8 Å². The van der Waals surface area contributed by atoms with E-state index in [1.54, 1.807) is 0 Å². The van der Waals surface area contributed by atoms with Crippen molar-refractivity contribution in [1.29, 1.82) is 0 Å². The van der Waals surface area contributed by atoms with Gasteiger partial charge in [0.05, 0.1) is 24.2 Å². The number of aryl methyl sites for hydroxylation is 2. The number of nitrogens with zero attached hydrogens (tertiary/aromatic N) is 2. The van der Waals surface area contributed by atoms with Gasteiger partial charge in [0, 0.05) is 35.9 Å². The summed E-state index contributed by atoms with van der Waals surface area (Å²) < 4.78 is 4.49. The topological polar surface area (TPSA) is 68.1 Å². The Balaban J connectivity index is 1.24. The number of aromatic nitrogens is 2. The molecule has 0 bridgehead atoms. The Morgan fingerprint density at radius 1 is 0.781 bits per heavy atom. The molecule has 0 spiro atoms. The van der Waals surface area contributed by atoms with Crippen molar-refractivity contribution in [2.45, 2.75) is 66.5 Å². The van der Waals surface area contributed by atoms with Gasteiger partial charge in [-0.1, -0.05) is 11.8 Å². The molecule has 2 heterocycles. The van der Waals surface area contributed by atoms with Crippen molar-refractivity contribution in [3.8, 4) is 11.8 Å². The lowest BCUT2D eigenvalue weighted by Crippen LogP contribution is -2.25. The van der Waals surface area contributed by atoms with E-state index in [1.807, 2.05) is 26.0 Å². The molecule has 2 aliphatic rings. The fraction of sp³-hybridized carbons (Fsp3) is 0.538. The first-order valence-corrected chi connectivity index (χ1v) is 11.7. The molecule has 6 heteroatoms. The minimum absolute atomic E-state index is 0.0958. The molecule has 0 saturated heterocycles. The average Bonchev–Trinajstić information content (AvgIpc) is 3.68. The van der Waals surface area contributed by atoms with Gasteiger partial charge in [-0.2, -0.15) is 0 Å². The van der Waals surface area contributed by atoms with Gasteiger partial charge in [0.15, 0.2) is 0 Å². The summed E-state index contributed by atoms with van der Waals surface area (Å²) in [5.74, 6) is 7.20. The van der Waals surface area contributed by atoms with Crippen molar-refractivity contribution >= 4 is 11.8 Å². The van der Waals surface area contributed by atoms with Crippen LogP contribution in [0.4, 0.5) is 0 Å². The molecule has 0 radical (unpaired) electrons. The molecule has 0 atom stereocenters. The van der Waals surface area contributed by atoms with Gasteiger partial charge in [-0.3, -0.25) is 9.59 Å². The highest BCUT2D eigenvalue weighted by Gasteiger charge is 2.25. The third kappa shape index (κ3) is 5.09. The largest absolute Gasteiger partial charge is 0.348 e. The lowest BCUT2D eigenvalue weighted by atomic mass is 10.2. The van der Waals surface area contributed by atoms with Crippen LogP contribution >= 0.6 is 0 Å². The lowest BCUT2D eigenvalue weighted by molar-refractivity contribution is 0.0949. The highest BCUT2D eigenvalue weighted by molar-refractivity contribution is 5.96. The SMILES string of the molecule is Cc1cc(C(=O)NCC#CCNC(=O)c2cc(C)n(CC3CC3)c2C)c(C)n1CC1CC1. The Bertz CT molecular complexity index is 1000. The van der Waals surface area contributed by atoms with Gasteiger partial charge in [-0.15, -0.1) is 0 Å². The lowest BCUT2D eigenvalue weighted by Gasteiger charge is -2.08. The van der Waals surface area contributed by atoms with Crippen molar-refractivity contribution in [1.82, 2.24) is 19.8 Å². The molecular formula is C26H34N4O2. The number of rotatable bonds is 8. The predicted octanol–water partition coefficient (Wildman–Crippen LogP) is 3.51. The van der Waals surface area contributed by atoms with Crippen LogP contribution in [0.5, 0.6) is 0 Å². The van der Waals surface area contributed by atoms with Crippen LogP contribution in [-0.2, 0) is 13.1 Å². The Morgan fingerprint density at radius 3 is 1.50 bits per heavy atom. The third-order valence-corrected chi connectivity index (χ3v) is 6.71. The van der Waals surface area contributed by atoms with Gasteiger partial charge in [0.1, 0.15) is 0 Å². The molecule has 0 aromatic carbocycles. The van der Waals surface area contributed by atoms with E-state index >= 15 is 0 Å². The molecule has 0 aliphatic heterocycles. The van der Waals surface area contributed by atoms with E-state index in [9.17, 15) is 9.59 Å². The molecule has 2 amide bonds. The summed E-state index contributed by atoms with van der Waals surface area (Å²) in [6, 6.07) is 3.92. The summed E-state index contributed by atoms with van der Waals surface area (Å²) in [5, 5.41) is 5.74. The van der Waals surface area contributed by atoms with E-state index in [0.29, 0.717) is 0 Å². The summed E-state index contributed by atoms with van der Waals surface area (Å²) in [4.78, 5) is 25.1. The zero-order valence-corrected chi connectivity index (χ0v) is 19.7.